The van der Waals surface area contributed by atoms with E-state index in [1.165, 1.54) is 19.2 Å². The standard InChI is InChI=1S/C27H30O8S2/c1-33-27(29)26(36(30)18-16-21-7-9-23(28)10-8-21)19-22-5-3-20(4-6-22)15-17-34-24-11-13-25(14-12-24)35-37(2,31)32/h3-14,26,28H,15-19H2,1-2H3/t26-,36?/m0/s1. The Labute approximate surface area is 220 Å². The lowest BCUT2D eigenvalue weighted by Gasteiger charge is -2.20. The van der Waals surface area contributed by atoms with Gasteiger partial charge in [-0.05, 0) is 64.3 Å². The number of phenols is 1. The number of aromatic hydroxyl groups is 1. The lowest BCUT2D eigenvalue weighted by atomic mass is 10.1. The quantitative estimate of drug-likeness (QED) is 0.197. The largest absolute Gasteiger partial charge is 0.616 e. The average molecular weight is 547 g/mol. The summed E-state index contributed by atoms with van der Waals surface area (Å²) < 4.78 is 50.7. The summed E-state index contributed by atoms with van der Waals surface area (Å²) in [6.45, 7) is 0.414. The molecule has 8 nitrogen and oxygen atoms in total. The first-order chi connectivity index (χ1) is 17.6. The lowest BCUT2D eigenvalue weighted by molar-refractivity contribution is -0.140. The Morgan fingerprint density at radius 1 is 0.892 bits per heavy atom. The van der Waals surface area contributed by atoms with Gasteiger partial charge < -0.3 is 23.3 Å². The minimum Gasteiger partial charge on any atom is -0.616 e. The molecule has 3 aromatic rings. The molecule has 1 unspecified atom stereocenters. The van der Waals surface area contributed by atoms with E-state index in [9.17, 15) is 22.9 Å². The number of hydrogen-bond donors (Lipinski definition) is 1. The molecule has 10 heteroatoms. The first-order valence-corrected chi connectivity index (χ1v) is 14.8. The second-order valence-corrected chi connectivity index (χ2v) is 11.7. The number of esters is 1. The van der Waals surface area contributed by atoms with E-state index in [1.807, 2.05) is 24.3 Å². The molecule has 0 aromatic heterocycles. The smallest absolute Gasteiger partial charge is 0.359 e. The van der Waals surface area contributed by atoms with Gasteiger partial charge in [0.1, 0.15) is 23.0 Å². The Morgan fingerprint density at radius 3 is 2.03 bits per heavy atom. The van der Waals surface area contributed by atoms with Crippen LogP contribution in [0.25, 0.3) is 0 Å². The van der Waals surface area contributed by atoms with Crippen molar-refractivity contribution in [2.45, 2.75) is 24.5 Å². The number of carbonyl (C=O) groups is 1. The van der Waals surface area contributed by atoms with Crippen molar-refractivity contribution in [3.63, 3.8) is 0 Å². The van der Waals surface area contributed by atoms with Gasteiger partial charge in [0.05, 0.1) is 20.0 Å². The molecule has 198 valence electrons. The van der Waals surface area contributed by atoms with Gasteiger partial charge in [0.15, 0.2) is 0 Å². The molecule has 0 heterocycles. The number of benzene rings is 3. The first-order valence-electron chi connectivity index (χ1n) is 11.6. The molecule has 0 aliphatic carbocycles. The van der Waals surface area contributed by atoms with Gasteiger partial charge in [0, 0.05) is 19.3 Å². The van der Waals surface area contributed by atoms with Crippen molar-refractivity contribution in [3.8, 4) is 17.2 Å². The van der Waals surface area contributed by atoms with E-state index in [2.05, 4.69) is 0 Å². The van der Waals surface area contributed by atoms with Crippen LogP contribution >= 0.6 is 0 Å². The van der Waals surface area contributed by atoms with E-state index in [0.717, 1.165) is 22.9 Å². The monoisotopic (exact) mass is 546 g/mol. The van der Waals surface area contributed by atoms with E-state index in [-0.39, 0.29) is 11.5 Å². The molecular formula is C27H30O8S2. The van der Waals surface area contributed by atoms with Gasteiger partial charge in [-0.15, -0.1) is 0 Å². The Morgan fingerprint density at radius 2 is 1.43 bits per heavy atom. The highest BCUT2D eigenvalue weighted by atomic mass is 32.2. The maximum absolute atomic E-state index is 12.9. The van der Waals surface area contributed by atoms with Crippen molar-refractivity contribution < 1.29 is 36.5 Å². The second-order valence-electron chi connectivity index (χ2n) is 8.39. The molecule has 2 atom stereocenters. The SMILES string of the molecule is COC(=O)[C@H](Cc1ccc(CCOc2ccc(OS(C)(=O)=O)cc2)cc1)[S+]([O-])CCc1ccc(O)cc1. The fraction of sp³-hybridized carbons (Fsp3) is 0.296. The minimum atomic E-state index is -3.57. The number of methoxy groups -OCH3 is 1. The van der Waals surface area contributed by atoms with Crippen LogP contribution in [-0.2, 0) is 50.1 Å². The van der Waals surface area contributed by atoms with Crippen LogP contribution < -0.4 is 8.92 Å². The van der Waals surface area contributed by atoms with Crippen molar-refractivity contribution in [2.75, 3.05) is 25.7 Å². The van der Waals surface area contributed by atoms with Gasteiger partial charge in [0.25, 0.3) is 0 Å². The Balaban J connectivity index is 1.50. The molecule has 3 aromatic carbocycles. The van der Waals surface area contributed by atoms with Crippen LogP contribution in [0.5, 0.6) is 17.2 Å². The Bertz CT molecular complexity index is 1240. The number of hydrogen-bond acceptors (Lipinski definition) is 8. The van der Waals surface area contributed by atoms with Gasteiger partial charge >= 0.3 is 16.1 Å². The molecule has 0 amide bonds. The predicted molar refractivity (Wildman–Crippen MR) is 142 cm³/mol. The molecule has 0 radical (unpaired) electrons. The van der Waals surface area contributed by atoms with Gasteiger partial charge in [-0.3, -0.25) is 0 Å². The summed E-state index contributed by atoms with van der Waals surface area (Å²) in [6, 6.07) is 20.7. The highest BCUT2D eigenvalue weighted by molar-refractivity contribution is 7.92. The van der Waals surface area contributed by atoms with Gasteiger partial charge in [-0.2, -0.15) is 8.42 Å². The third kappa shape index (κ3) is 9.64. The van der Waals surface area contributed by atoms with Crippen LogP contribution in [0.2, 0.25) is 0 Å². The number of phenolic OH excluding ortho intramolecular Hbond substituents is 1. The van der Waals surface area contributed by atoms with Crippen molar-refractivity contribution in [1.29, 1.82) is 0 Å². The second kappa shape index (κ2) is 13.4. The fourth-order valence-electron chi connectivity index (χ4n) is 3.55. The van der Waals surface area contributed by atoms with Crippen molar-refractivity contribution in [1.82, 2.24) is 0 Å². The van der Waals surface area contributed by atoms with Crippen molar-refractivity contribution >= 4 is 27.3 Å². The normalized spacial score (nSPS) is 12.9. The summed E-state index contributed by atoms with van der Waals surface area (Å²) in [7, 11) is -2.28. The highest BCUT2D eigenvalue weighted by Crippen LogP contribution is 2.20. The first kappa shape index (κ1) is 28.4. The third-order valence-electron chi connectivity index (χ3n) is 5.48. The zero-order valence-electron chi connectivity index (χ0n) is 20.7. The molecular weight excluding hydrogens is 516 g/mol. The predicted octanol–water partition coefficient (Wildman–Crippen LogP) is 3.43. The summed E-state index contributed by atoms with van der Waals surface area (Å²) in [6.07, 6.45) is 2.44. The highest BCUT2D eigenvalue weighted by Gasteiger charge is 2.31. The van der Waals surface area contributed by atoms with Gasteiger partial charge in [-0.25, -0.2) is 4.79 Å². The number of carbonyl (C=O) groups excluding carboxylic acids is 1. The fourth-order valence-corrected chi connectivity index (χ4v) is 5.42. The molecule has 0 aliphatic rings. The summed E-state index contributed by atoms with van der Waals surface area (Å²) in [5.74, 6) is 0.782. The van der Waals surface area contributed by atoms with E-state index < -0.39 is 32.5 Å². The molecule has 0 saturated carbocycles. The average Bonchev–Trinajstić information content (AvgIpc) is 2.87. The third-order valence-corrected chi connectivity index (χ3v) is 7.58. The Hall–Kier alpha value is -3.21. The molecule has 1 N–H and O–H groups in total. The molecule has 0 saturated heterocycles. The number of rotatable bonds is 13. The molecule has 37 heavy (non-hydrogen) atoms. The minimum absolute atomic E-state index is 0.169. The summed E-state index contributed by atoms with van der Waals surface area (Å²) in [4.78, 5) is 12.3. The maximum Gasteiger partial charge on any atom is 0.359 e. The van der Waals surface area contributed by atoms with Gasteiger partial charge in [0.2, 0.25) is 5.25 Å². The van der Waals surface area contributed by atoms with E-state index >= 15 is 0 Å². The molecule has 0 bridgehead atoms. The van der Waals surface area contributed by atoms with Crippen LogP contribution in [0.3, 0.4) is 0 Å². The van der Waals surface area contributed by atoms with Crippen LogP contribution in [0, 0.1) is 0 Å². The van der Waals surface area contributed by atoms with E-state index in [1.54, 1.807) is 36.4 Å². The maximum atomic E-state index is 12.9. The van der Waals surface area contributed by atoms with Crippen LogP contribution in [0.4, 0.5) is 0 Å². The Kier molecular flexibility index (Phi) is 10.2. The molecule has 0 spiro atoms. The van der Waals surface area contributed by atoms with E-state index in [4.69, 9.17) is 13.7 Å². The molecule has 3 rings (SSSR count). The van der Waals surface area contributed by atoms with Crippen molar-refractivity contribution in [3.05, 3.63) is 89.5 Å². The zero-order valence-corrected chi connectivity index (χ0v) is 22.3. The van der Waals surface area contributed by atoms with Crippen LogP contribution in [-0.4, -0.2) is 55.0 Å². The topological polar surface area (TPSA) is 122 Å². The summed E-state index contributed by atoms with van der Waals surface area (Å²) in [5.41, 5.74) is 2.84. The van der Waals surface area contributed by atoms with Crippen LogP contribution in [0.15, 0.2) is 72.8 Å². The van der Waals surface area contributed by atoms with Crippen LogP contribution in [0.1, 0.15) is 16.7 Å². The lowest BCUT2D eigenvalue weighted by Crippen LogP contribution is -2.35. The zero-order chi connectivity index (χ0) is 26.8. The summed E-state index contributed by atoms with van der Waals surface area (Å²) in [5, 5.41) is 8.63. The molecule has 0 fully saturated rings. The van der Waals surface area contributed by atoms with Gasteiger partial charge in [-0.1, -0.05) is 36.4 Å². The summed E-state index contributed by atoms with van der Waals surface area (Å²) >= 11 is -1.43. The number of ether oxygens (including phenoxy) is 2. The van der Waals surface area contributed by atoms with Crippen molar-refractivity contribution in [2.24, 2.45) is 0 Å². The molecule has 0 aliphatic heterocycles. The number of aryl methyl sites for hydroxylation is 1. The van der Waals surface area contributed by atoms with E-state index in [0.29, 0.717) is 37.4 Å².